The molecule has 4 aliphatic rings. The molecule has 1 spiro atoms. The molecule has 2 heterocycles. The number of benzene rings is 2. The predicted molar refractivity (Wildman–Crippen MR) is 143 cm³/mol. The lowest BCUT2D eigenvalue weighted by Gasteiger charge is -2.51. The molecule has 10 heteroatoms. The lowest BCUT2D eigenvalue weighted by molar-refractivity contribution is -0.142. The highest BCUT2D eigenvalue weighted by Crippen LogP contribution is 2.55. The van der Waals surface area contributed by atoms with Crippen LogP contribution in [0.2, 0.25) is 0 Å². The number of rotatable bonds is 6. The Morgan fingerprint density at radius 3 is 2.19 bits per heavy atom. The number of carboxylic acid groups (broad SMARTS) is 1. The quantitative estimate of drug-likeness (QED) is 0.343. The van der Waals surface area contributed by atoms with Gasteiger partial charge in [-0.3, -0.25) is 9.69 Å². The number of alkyl halides is 6. The van der Waals surface area contributed by atoms with Crippen LogP contribution in [0.5, 0.6) is 5.75 Å². The number of carboxylic acids is 1. The highest BCUT2D eigenvalue weighted by Gasteiger charge is 2.57. The standard InChI is InChI=1S/C32H35F6NO3/c1-17(29(40)41)28(20-4-5-20)21-6-3-19-11-12-30(42-27(19)13-21)23-7-8-24(30)16-39(15-23)18(2)25-14-22(31(33,34)35)9-10-26(25)32(36,37)38/h3,6,9-10,13-14,17-18,20,23-24,28H,4-5,7-8,11-12,15-16H2,1-2H3,(H,40,41)/t17-,18+,23-,24+,28?,30?/m0/s1. The molecule has 2 aromatic rings. The molecule has 2 aliphatic heterocycles. The number of carbonyl (C=O) groups is 1. The number of likely N-dealkylation sites (tertiary alicyclic amines) is 1. The Balaban J connectivity index is 1.26. The number of hydrogen-bond donors (Lipinski definition) is 1. The van der Waals surface area contributed by atoms with Crippen LogP contribution in [0, 0.1) is 23.7 Å². The van der Waals surface area contributed by atoms with E-state index < -0.39 is 47.0 Å². The third-order valence-corrected chi connectivity index (χ3v) is 10.5. The molecule has 0 aromatic heterocycles. The molecule has 2 aliphatic carbocycles. The van der Waals surface area contributed by atoms with E-state index >= 15 is 0 Å². The fourth-order valence-corrected chi connectivity index (χ4v) is 8.03. The lowest BCUT2D eigenvalue weighted by atomic mass is 9.73. The van der Waals surface area contributed by atoms with E-state index in [2.05, 4.69) is 0 Å². The number of aliphatic carboxylic acids is 1. The van der Waals surface area contributed by atoms with Crippen LogP contribution < -0.4 is 4.74 Å². The molecule has 2 aromatic carbocycles. The van der Waals surface area contributed by atoms with Gasteiger partial charge < -0.3 is 9.84 Å². The van der Waals surface area contributed by atoms with Gasteiger partial charge in [0, 0.05) is 31.0 Å². The summed E-state index contributed by atoms with van der Waals surface area (Å²) in [5.41, 5.74) is -0.936. The van der Waals surface area contributed by atoms with Crippen molar-refractivity contribution >= 4 is 5.97 Å². The number of fused-ring (bicyclic) bond motifs is 1. The van der Waals surface area contributed by atoms with Crippen molar-refractivity contribution in [3.63, 3.8) is 0 Å². The largest absolute Gasteiger partial charge is 0.486 e. The maximum absolute atomic E-state index is 13.9. The Morgan fingerprint density at radius 1 is 0.952 bits per heavy atom. The van der Waals surface area contributed by atoms with Crippen LogP contribution in [-0.2, 0) is 23.6 Å². The Kier molecular flexibility index (Phi) is 7.10. The van der Waals surface area contributed by atoms with Crippen LogP contribution in [0.3, 0.4) is 0 Å². The smallest absolute Gasteiger partial charge is 0.416 e. The van der Waals surface area contributed by atoms with Crippen LogP contribution in [0.15, 0.2) is 36.4 Å². The summed E-state index contributed by atoms with van der Waals surface area (Å²) in [7, 11) is 0. The van der Waals surface area contributed by atoms with Crippen LogP contribution in [0.1, 0.15) is 85.7 Å². The van der Waals surface area contributed by atoms with Crippen molar-refractivity contribution in [2.45, 2.75) is 82.3 Å². The highest BCUT2D eigenvalue weighted by atomic mass is 19.4. The Morgan fingerprint density at radius 2 is 1.62 bits per heavy atom. The molecule has 6 atom stereocenters. The minimum atomic E-state index is -4.77. The summed E-state index contributed by atoms with van der Waals surface area (Å²) < 4.78 is 88.9. The van der Waals surface area contributed by atoms with Gasteiger partial charge in [0.25, 0.3) is 0 Å². The Labute approximate surface area is 241 Å². The fourth-order valence-electron chi connectivity index (χ4n) is 8.03. The zero-order valence-electron chi connectivity index (χ0n) is 23.6. The average molecular weight is 596 g/mol. The second kappa shape index (κ2) is 10.2. The first kappa shape index (κ1) is 29.3. The summed E-state index contributed by atoms with van der Waals surface area (Å²) in [4.78, 5) is 13.7. The predicted octanol–water partition coefficient (Wildman–Crippen LogP) is 8.11. The molecule has 2 unspecified atom stereocenters. The third-order valence-electron chi connectivity index (χ3n) is 10.5. The Hall–Kier alpha value is -2.75. The van der Waals surface area contributed by atoms with Gasteiger partial charge in [-0.2, -0.15) is 26.3 Å². The van der Waals surface area contributed by atoms with E-state index in [1.54, 1.807) is 13.8 Å². The summed E-state index contributed by atoms with van der Waals surface area (Å²) in [6.07, 6.45) is -4.29. The maximum atomic E-state index is 13.9. The van der Waals surface area contributed by atoms with Gasteiger partial charge in [-0.05, 0) is 98.2 Å². The van der Waals surface area contributed by atoms with Gasteiger partial charge in [0.15, 0.2) is 0 Å². The van der Waals surface area contributed by atoms with Gasteiger partial charge in [0.05, 0.1) is 17.0 Å². The lowest BCUT2D eigenvalue weighted by Crippen LogP contribution is -2.58. The molecule has 0 amide bonds. The third kappa shape index (κ3) is 5.07. The second-order valence-electron chi connectivity index (χ2n) is 12.8. The molecule has 4 nitrogen and oxygen atoms in total. The summed E-state index contributed by atoms with van der Waals surface area (Å²) >= 11 is 0. The molecule has 2 bridgehead atoms. The van der Waals surface area contributed by atoms with Crippen molar-refractivity contribution in [1.82, 2.24) is 4.90 Å². The minimum Gasteiger partial charge on any atom is -0.486 e. The normalized spacial score (nSPS) is 28.2. The molecule has 2 saturated carbocycles. The van der Waals surface area contributed by atoms with Crippen molar-refractivity contribution in [1.29, 1.82) is 0 Å². The van der Waals surface area contributed by atoms with Crippen molar-refractivity contribution in [3.8, 4) is 5.75 Å². The van der Waals surface area contributed by atoms with Crippen LogP contribution >= 0.6 is 0 Å². The topological polar surface area (TPSA) is 49.8 Å². The molecule has 6 rings (SSSR count). The maximum Gasteiger partial charge on any atom is 0.416 e. The average Bonchev–Trinajstić information content (AvgIpc) is 3.74. The zero-order valence-corrected chi connectivity index (χ0v) is 23.6. The summed E-state index contributed by atoms with van der Waals surface area (Å²) in [5, 5.41) is 9.72. The second-order valence-corrected chi connectivity index (χ2v) is 12.8. The summed E-state index contributed by atoms with van der Waals surface area (Å²) in [5.74, 6) is -0.297. The SMILES string of the molecule is C[C@H](C(=O)O)C(c1ccc2c(c1)OC1(CC2)[C@@H]2CC[C@H]1CN([C@H](C)c1cc(C(F)(F)F)ccc1C(F)(F)F)C2)C1CC1. The summed E-state index contributed by atoms with van der Waals surface area (Å²) in [6, 6.07) is 6.91. The minimum absolute atomic E-state index is 0.0211. The molecule has 3 fully saturated rings. The van der Waals surface area contributed by atoms with E-state index in [4.69, 9.17) is 4.74 Å². The fraction of sp³-hybridized carbons (Fsp3) is 0.594. The molecule has 228 valence electrons. The number of halogens is 6. The monoisotopic (exact) mass is 595 g/mol. The first-order chi connectivity index (χ1) is 19.7. The number of hydrogen-bond acceptors (Lipinski definition) is 3. The molecule has 42 heavy (non-hydrogen) atoms. The van der Waals surface area contributed by atoms with Crippen LogP contribution in [0.25, 0.3) is 0 Å². The zero-order chi connectivity index (χ0) is 30.2. The van der Waals surface area contributed by atoms with Crippen LogP contribution in [-0.4, -0.2) is 34.7 Å². The molecular weight excluding hydrogens is 560 g/mol. The number of piperidine rings is 1. The number of nitrogens with zero attached hydrogens (tertiary/aromatic N) is 1. The van der Waals surface area contributed by atoms with Crippen molar-refractivity contribution in [3.05, 3.63) is 64.2 Å². The van der Waals surface area contributed by atoms with Gasteiger partial charge in [-0.25, -0.2) is 0 Å². The Bertz CT molecular complexity index is 1350. The molecular formula is C32H35F6NO3. The first-order valence-corrected chi connectivity index (χ1v) is 14.8. The van der Waals surface area contributed by atoms with E-state index in [0.717, 1.165) is 55.4 Å². The summed E-state index contributed by atoms with van der Waals surface area (Å²) in [6.45, 7) is 4.17. The van der Waals surface area contributed by atoms with Gasteiger partial charge in [0.2, 0.25) is 0 Å². The van der Waals surface area contributed by atoms with Crippen molar-refractivity contribution in [2.75, 3.05) is 13.1 Å². The van der Waals surface area contributed by atoms with E-state index in [1.807, 2.05) is 23.1 Å². The van der Waals surface area contributed by atoms with E-state index in [9.17, 15) is 36.2 Å². The van der Waals surface area contributed by atoms with Gasteiger partial charge in [-0.1, -0.05) is 19.1 Å². The van der Waals surface area contributed by atoms with Gasteiger partial charge in [0.1, 0.15) is 11.4 Å². The molecule has 0 radical (unpaired) electrons. The molecule has 1 saturated heterocycles. The number of ether oxygens (including phenoxy) is 1. The highest BCUT2D eigenvalue weighted by molar-refractivity contribution is 5.71. The number of aryl methyl sites for hydroxylation is 1. The molecule has 1 N–H and O–H groups in total. The first-order valence-electron chi connectivity index (χ1n) is 14.8. The van der Waals surface area contributed by atoms with Crippen LogP contribution in [0.4, 0.5) is 26.3 Å². The van der Waals surface area contributed by atoms with Crippen molar-refractivity contribution < 1.29 is 41.0 Å². The van der Waals surface area contributed by atoms with E-state index in [0.29, 0.717) is 37.2 Å². The van der Waals surface area contributed by atoms with Gasteiger partial charge in [-0.15, -0.1) is 0 Å². The van der Waals surface area contributed by atoms with E-state index in [1.165, 1.54) is 0 Å². The van der Waals surface area contributed by atoms with Gasteiger partial charge >= 0.3 is 18.3 Å². The van der Waals surface area contributed by atoms with E-state index in [-0.39, 0.29) is 23.3 Å². The van der Waals surface area contributed by atoms with Crippen molar-refractivity contribution in [2.24, 2.45) is 23.7 Å².